The van der Waals surface area contributed by atoms with Gasteiger partial charge in [0.1, 0.15) is 5.01 Å². The summed E-state index contributed by atoms with van der Waals surface area (Å²) in [5.74, 6) is 0. The van der Waals surface area contributed by atoms with E-state index in [2.05, 4.69) is 56.2 Å². The van der Waals surface area contributed by atoms with Crippen LogP contribution in [0.3, 0.4) is 0 Å². The molecule has 0 amide bonds. The fourth-order valence-electron chi connectivity index (χ4n) is 2.17. The molecule has 2 rings (SSSR count). The van der Waals surface area contributed by atoms with E-state index in [0.717, 1.165) is 13.0 Å². The first-order valence-electron chi connectivity index (χ1n) is 6.84. The van der Waals surface area contributed by atoms with Gasteiger partial charge in [-0.3, -0.25) is 0 Å². The first kappa shape index (κ1) is 14.2. The zero-order valence-electron chi connectivity index (χ0n) is 12.2. The van der Waals surface area contributed by atoms with E-state index in [-0.39, 0.29) is 0 Å². The number of aromatic nitrogens is 1. The van der Waals surface area contributed by atoms with Crippen LogP contribution in [0.5, 0.6) is 0 Å². The molecule has 0 spiro atoms. The first-order valence-corrected chi connectivity index (χ1v) is 7.66. The van der Waals surface area contributed by atoms with E-state index in [1.165, 1.54) is 26.6 Å². The van der Waals surface area contributed by atoms with E-state index in [4.69, 9.17) is 0 Å². The molecule has 1 aromatic carbocycles. The summed E-state index contributed by atoms with van der Waals surface area (Å²) >= 11 is 1.80. The largest absolute Gasteiger partial charge is 0.304 e. The number of hydrogen-bond acceptors (Lipinski definition) is 3. The van der Waals surface area contributed by atoms with Crippen molar-refractivity contribution in [3.05, 3.63) is 51.0 Å². The summed E-state index contributed by atoms with van der Waals surface area (Å²) in [4.78, 5) is 5.81. The summed E-state index contributed by atoms with van der Waals surface area (Å²) in [6.45, 7) is 9.55. The molecule has 2 aromatic rings. The van der Waals surface area contributed by atoms with E-state index in [0.29, 0.717) is 6.04 Å². The molecule has 0 aliphatic heterocycles. The van der Waals surface area contributed by atoms with Gasteiger partial charge in [0.05, 0.1) is 0 Å². The van der Waals surface area contributed by atoms with Crippen molar-refractivity contribution in [1.29, 1.82) is 0 Å². The highest BCUT2D eigenvalue weighted by atomic mass is 32.1. The Balaban J connectivity index is 2.00. The van der Waals surface area contributed by atoms with Gasteiger partial charge in [-0.2, -0.15) is 0 Å². The third kappa shape index (κ3) is 3.64. The molecule has 1 heterocycles. The standard InChI is InChI=1S/C16H22N2S/c1-5-14-9-18-16(19-14)10-17-13(4)15-8-11(2)6-7-12(15)3/h6-9,13,17H,5,10H2,1-4H3. The highest BCUT2D eigenvalue weighted by molar-refractivity contribution is 7.11. The molecule has 0 aliphatic rings. The molecule has 0 saturated heterocycles. The average molecular weight is 274 g/mol. The Morgan fingerprint density at radius 3 is 2.79 bits per heavy atom. The molecule has 0 aliphatic carbocycles. The van der Waals surface area contributed by atoms with Crippen molar-refractivity contribution < 1.29 is 0 Å². The molecule has 0 saturated carbocycles. The fourth-order valence-corrected chi connectivity index (χ4v) is 2.98. The number of nitrogens with zero attached hydrogens (tertiary/aromatic N) is 1. The molecular formula is C16H22N2S. The summed E-state index contributed by atoms with van der Waals surface area (Å²) in [6, 6.07) is 6.99. The lowest BCUT2D eigenvalue weighted by molar-refractivity contribution is 0.570. The monoisotopic (exact) mass is 274 g/mol. The molecule has 19 heavy (non-hydrogen) atoms. The van der Waals surface area contributed by atoms with Gasteiger partial charge in [0.2, 0.25) is 0 Å². The second-order valence-electron chi connectivity index (χ2n) is 5.04. The van der Waals surface area contributed by atoms with Gasteiger partial charge in [0.15, 0.2) is 0 Å². The van der Waals surface area contributed by atoms with E-state index in [1.54, 1.807) is 11.3 Å². The van der Waals surface area contributed by atoms with E-state index < -0.39 is 0 Å². The van der Waals surface area contributed by atoms with E-state index in [1.807, 2.05) is 6.20 Å². The van der Waals surface area contributed by atoms with Crippen LogP contribution in [0.1, 0.15) is 46.5 Å². The molecule has 0 radical (unpaired) electrons. The first-order chi connectivity index (χ1) is 9.10. The van der Waals surface area contributed by atoms with Crippen molar-refractivity contribution in [2.45, 2.75) is 46.7 Å². The van der Waals surface area contributed by atoms with Gasteiger partial charge in [-0.25, -0.2) is 4.98 Å². The zero-order chi connectivity index (χ0) is 13.8. The maximum absolute atomic E-state index is 4.45. The lowest BCUT2D eigenvalue weighted by Crippen LogP contribution is -2.18. The normalized spacial score (nSPS) is 12.6. The lowest BCUT2D eigenvalue weighted by atomic mass is 10.00. The SMILES string of the molecule is CCc1cnc(CNC(C)c2cc(C)ccc2C)s1. The van der Waals surface area contributed by atoms with Gasteiger partial charge in [-0.1, -0.05) is 30.7 Å². The quantitative estimate of drug-likeness (QED) is 0.885. The molecule has 1 atom stereocenters. The Kier molecular flexibility index (Phi) is 4.72. The van der Waals surface area contributed by atoms with Crippen LogP contribution in [-0.2, 0) is 13.0 Å². The van der Waals surface area contributed by atoms with Crippen LogP contribution in [-0.4, -0.2) is 4.98 Å². The van der Waals surface area contributed by atoms with Crippen LogP contribution >= 0.6 is 11.3 Å². The van der Waals surface area contributed by atoms with Crippen molar-refractivity contribution >= 4 is 11.3 Å². The number of aryl methyl sites for hydroxylation is 3. The van der Waals surface area contributed by atoms with Gasteiger partial charge in [-0.05, 0) is 38.3 Å². The minimum Gasteiger partial charge on any atom is -0.304 e. The van der Waals surface area contributed by atoms with Gasteiger partial charge in [0, 0.05) is 23.7 Å². The Hall–Kier alpha value is -1.19. The predicted molar refractivity (Wildman–Crippen MR) is 82.7 cm³/mol. The van der Waals surface area contributed by atoms with Crippen LogP contribution in [0, 0.1) is 13.8 Å². The zero-order valence-corrected chi connectivity index (χ0v) is 13.0. The van der Waals surface area contributed by atoms with Crippen LogP contribution in [0.2, 0.25) is 0 Å². The minimum absolute atomic E-state index is 0.355. The van der Waals surface area contributed by atoms with Gasteiger partial charge in [-0.15, -0.1) is 11.3 Å². The number of hydrogen-bond donors (Lipinski definition) is 1. The van der Waals surface area contributed by atoms with Gasteiger partial charge < -0.3 is 5.32 Å². The molecule has 3 heteroatoms. The van der Waals surface area contributed by atoms with E-state index in [9.17, 15) is 0 Å². The molecular weight excluding hydrogens is 252 g/mol. The molecule has 1 unspecified atom stereocenters. The number of benzene rings is 1. The van der Waals surface area contributed by atoms with E-state index >= 15 is 0 Å². The molecule has 1 N–H and O–H groups in total. The summed E-state index contributed by atoms with van der Waals surface area (Å²) in [5.41, 5.74) is 4.04. The third-order valence-electron chi connectivity index (χ3n) is 3.41. The molecule has 102 valence electrons. The number of rotatable bonds is 5. The second kappa shape index (κ2) is 6.31. The Labute approximate surface area is 119 Å². The summed E-state index contributed by atoms with van der Waals surface area (Å²) in [6.07, 6.45) is 3.06. The predicted octanol–water partition coefficient (Wildman–Crippen LogP) is 4.17. The number of nitrogens with one attached hydrogen (secondary N) is 1. The van der Waals surface area contributed by atoms with Crippen molar-refractivity contribution in [2.24, 2.45) is 0 Å². The highest BCUT2D eigenvalue weighted by Crippen LogP contribution is 2.20. The minimum atomic E-state index is 0.355. The van der Waals surface area contributed by atoms with Crippen molar-refractivity contribution in [1.82, 2.24) is 10.3 Å². The highest BCUT2D eigenvalue weighted by Gasteiger charge is 2.09. The Bertz CT molecular complexity index is 545. The summed E-state index contributed by atoms with van der Waals surface area (Å²) in [5, 5.41) is 4.74. The van der Waals surface area contributed by atoms with Gasteiger partial charge >= 0.3 is 0 Å². The maximum Gasteiger partial charge on any atom is 0.107 e. The fraction of sp³-hybridized carbons (Fsp3) is 0.438. The third-order valence-corrected chi connectivity index (χ3v) is 4.55. The van der Waals surface area contributed by atoms with Crippen LogP contribution in [0.4, 0.5) is 0 Å². The second-order valence-corrected chi connectivity index (χ2v) is 6.24. The van der Waals surface area contributed by atoms with Crippen LogP contribution in [0.15, 0.2) is 24.4 Å². The van der Waals surface area contributed by atoms with Crippen molar-refractivity contribution in [3.63, 3.8) is 0 Å². The average Bonchev–Trinajstić information content (AvgIpc) is 2.87. The maximum atomic E-state index is 4.45. The summed E-state index contributed by atoms with van der Waals surface area (Å²) in [7, 11) is 0. The van der Waals surface area contributed by atoms with Crippen LogP contribution in [0.25, 0.3) is 0 Å². The Morgan fingerprint density at radius 2 is 2.11 bits per heavy atom. The lowest BCUT2D eigenvalue weighted by Gasteiger charge is -2.16. The van der Waals surface area contributed by atoms with Gasteiger partial charge in [0.25, 0.3) is 0 Å². The Morgan fingerprint density at radius 1 is 1.32 bits per heavy atom. The van der Waals surface area contributed by atoms with Crippen molar-refractivity contribution in [2.75, 3.05) is 0 Å². The molecule has 1 aromatic heterocycles. The smallest absolute Gasteiger partial charge is 0.107 e. The molecule has 2 nitrogen and oxygen atoms in total. The topological polar surface area (TPSA) is 24.9 Å². The molecule has 0 bridgehead atoms. The number of thiazole rings is 1. The summed E-state index contributed by atoms with van der Waals surface area (Å²) < 4.78 is 0. The van der Waals surface area contributed by atoms with Crippen LogP contribution < -0.4 is 5.32 Å². The van der Waals surface area contributed by atoms with Crippen molar-refractivity contribution in [3.8, 4) is 0 Å². The molecule has 0 fully saturated rings.